The number of rotatable bonds is 2. The number of nitrogens with zero attached hydrogens (tertiary/aromatic N) is 1. The van der Waals surface area contributed by atoms with Gasteiger partial charge in [0.2, 0.25) is 0 Å². The zero-order valence-corrected chi connectivity index (χ0v) is 7.78. The molecule has 4 nitrogen and oxygen atoms in total. The third-order valence-electron chi connectivity index (χ3n) is 1.94. The molecule has 0 saturated carbocycles. The van der Waals surface area contributed by atoms with E-state index in [0.29, 0.717) is 23.3 Å². The van der Waals surface area contributed by atoms with Crippen LogP contribution in [0, 0.1) is 0 Å². The van der Waals surface area contributed by atoms with Crippen molar-refractivity contribution in [1.82, 2.24) is 9.97 Å². The van der Waals surface area contributed by atoms with Crippen LogP contribution < -0.4 is 5.56 Å². The average Bonchev–Trinajstić information content (AvgIpc) is 2.18. The summed E-state index contributed by atoms with van der Waals surface area (Å²) in [5, 5.41) is 0.604. The molecule has 0 amide bonds. The van der Waals surface area contributed by atoms with Crippen LogP contribution in [0.4, 0.5) is 0 Å². The van der Waals surface area contributed by atoms with Crippen LogP contribution in [-0.2, 0) is 11.3 Å². The third kappa shape index (κ3) is 1.52. The molecule has 0 saturated heterocycles. The number of hydrogen-bond donors (Lipinski definition) is 1. The molecule has 1 aromatic heterocycles. The molecular formula is C10H10N2O2. The molecule has 14 heavy (non-hydrogen) atoms. The van der Waals surface area contributed by atoms with Gasteiger partial charge < -0.3 is 9.72 Å². The van der Waals surface area contributed by atoms with Crippen molar-refractivity contribution in [3.63, 3.8) is 0 Å². The fourth-order valence-electron chi connectivity index (χ4n) is 1.34. The Morgan fingerprint density at radius 3 is 3.00 bits per heavy atom. The maximum absolute atomic E-state index is 11.5. The van der Waals surface area contributed by atoms with Gasteiger partial charge in [0.1, 0.15) is 12.4 Å². The van der Waals surface area contributed by atoms with Crippen molar-refractivity contribution in [2.75, 3.05) is 7.11 Å². The lowest BCUT2D eigenvalue weighted by Gasteiger charge is -2.00. The normalized spacial score (nSPS) is 10.6. The Bertz CT molecular complexity index is 505. The molecule has 0 radical (unpaired) electrons. The Balaban J connectivity index is 2.66. The van der Waals surface area contributed by atoms with Crippen molar-refractivity contribution >= 4 is 10.9 Å². The Morgan fingerprint density at radius 2 is 2.21 bits per heavy atom. The summed E-state index contributed by atoms with van der Waals surface area (Å²) in [4.78, 5) is 18.4. The van der Waals surface area contributed by atoms with Crippen LogP contribution in [0.25, 0.3) is 10.9 Å². The van der Waals surface area contributed by atoms with Crippen molar-refractivity contribution < 1.29 is 4.74 Å². The second-order valence-electron chi connectivity index (χ2n) is 2.96. The van der Waals surface area contributed by atoms with E-state index in [4.69, 9.17) is 4.74 Å². The molecule has 2 rings (SSSR count). The van der Waals surface area contributed by atoms with Gasteiger partial charge in [-0.2, -0.15) is 0 Å². The first-order valence-electron chi connectivity index (χ1n) is 4.28. The number of fused-ring (bicyclic) bond motifs is 1. The Hall–Kier alpha value is -1.68. The maximum Gasteiger partial charge on any atom is 0.258 e. The largest absolute Gasteiger partial charge is 0.377 e. The van der Waals surface area contributed by atoms with E-state index in [-0.39, 0.29) is 5.56 Å². The van der Waals surface area contributed by atoms with E-state index in [1.165, 1.54) is 0 Å². The summed E-state index contributed by atoms with van der Waals surface area (Å²) in [6, 6.07) is 7.22. The Labute approximate surface area is 80.6 Å². The second-order valence-corrected chi connectivity index (χ2v) is 2.96. The summed E-state index contributed by atoms with van der Waals surface area (Å²) in [6.45, 7) is 0.320. The van der Waals surface area contributed by atoms with Crippen molar-refractivity contribution in [3.05, 3.63) is 40.4 Å². The standard InChI is InChI=1S/C10H10N2O2/c1-14-6-9-11-8-5-3-2-4-7(8)10(13)12-9/h2-5H,6H2,1H3,(H,11,12,13). The molecule has 2 aromatic rings. The van der Waals surface area contributed by atoms with Gasteiger partial charge >= 0.3 is 0 Å². The molecule has 1 aromatic carbocycles. The smallest absolute Gasteiger partial charge is 0.258 e. The number of para-hydroxylation sites is 1. The van der Waals surface area contributed by atoms with E-state index < -0.39 is 0 Å². The molecule has 4 heteroatoms. The minimum Gasteiger partial charge on any atom is -0.377 e. The van der Waals surface area contributed by atoms with E-state index in [9.17, 15) is 4.79 Å². The fraction of sp³-hybridized carbons (Fsp3) is 0.200. The summed E-state index contributed by atoms with van der Waals surface area (Å²) in [5.41, 5.74) is 0.575. The van der Waals surface area contributed by atoms with E-state index >= 15 is 0 Å². The highest BCUT2D eigenvalue weighted by atomic mass is 16.5. The van der Waals surface area contributed by atoms with Crippen LogP contribution in [0.2, 0.25) is 0 Å². The minimum absolute atomic E-state index is 0.123. The van der Waals surface area contributed by atoms with E-state index in [0.717, 1.165) is 0 Å². The monoisotopic (exact) mass is 190 g/mol. The number of ether oxygens (including phenoxy) is 1. The zero-order chi connectivity index (χ0) is 9.97. The maximum atomic E-state index is 11.5. The van der Waals surface area contributed by atoms with E-state index in [1.54, 1.807) is 13.2 Å². The Kier molecular flexibility index (Phi) is 2.28. The van der Waals surface area contributed by atoms with Crippen molar-refractivity contribution in [1.29, 1.82) is 0 Å². The Morgan fingerprint density at radius 1 is 1.43 bits per heavy atom. The van der Waals surface area contributed by atoms with Crippen LogP contribution >= 0.6 is 0 Å². The number of nitrogens with one attached hydrogen (secondary N) is 1. The van der Waals surface area contributed by atoms with Gasteiger partial charge in [-0.3, -0.25) is 4.79 Å². The lowest BCUT2D eigenvalue weighted by molar-refractivity contribution is 0.178. The van der Waals surface area contributed by atoms with E-state index in [1.807, 2.05) is 18.2 Å². The van der Waals surface area contributed by atoms with Crippen LogP contribution in [0.15, 0.2) is 29.1 Å². The predicted molar refractivity (Wildman–Crippen MR) is 53.1 cm³/mol. The molecule has 0 aliphatic heterocycles. The molecule has 0 fully saturated rings. The van der Waals surface area contributed by atoms with Crippen LogP contribution in [0.1, 0.15) is 5.82 Å². The molecule has 1 heterocycles. The van der Waals surface area contributed by atoms with Gasteiger partial charge in [-0.1, -0.05) is 12.1 Å². The number of methoxy groups -OCH3 is 1. The van der Waals surface area contributed by atoms with Crippen molar-refractivity contribution in [2.24, 2.45) is 0 Å². The number of hydrogen-bond acceptors (Lipinski definition) is 3. The zero-order valence-electron chi connectivity index (χ0n) is 7.78. The molecule has 0 spiro atoms. The second kappa shape index (κ2) is 3.59. The summed E-state index contributed by atoms with van der Waals surface area (Å²) < 4.78 is 4.90. The fourth-order valence-corrected chi connectivity index (χ4v) is 1.34. The first kappa shape index (κ1) is 8.90. The van der Waals surface area contributed by atoms with Gasteiger partial charge in [-0.25, -0.2) is 4.98 Å². The summed E-state index contributed by atoms with van der Waals surface area (Å²) in [5.74, 6) is 0.552. The minimum atomic E-state index is -0.123. The van der Waals surface area contributed by atoms with Gasteiger partial charge in [0.05, 0.1) is 10.9 Å². The third-order valence-corrected chi connectivity index (χ3v) is 1.94. The lowest BCUT2D eigenvalue weighted by Crippen LogP contribution is -2.12. The lowest BCUT2D eigenvalue weighted by atomic mass is 10.2. The van der Waals surface area contributed by atoms with E-state index in [2.05, 4.69) is 9.97 Å². The number of aromatic nitrogens is 2. The SMILES string of the molecule is COCc1nc2ccccc2c(=O)[nH]1. The average molecular weight is 190 g/mol. The quantitative estimate of drug-likeness (QED) is 0.770. The number of H-pyrrole nitrogens is 1. The highest BCUT2D eigenvalue weighted by molar-refractivity contribution is 5.77. The summed E-state index contributed by atoms with van der Waals surface area (Å²) >= 11 is 0. The molecule has 1 N–H and O–H groups in total. The summed E-state index contributed by atoms with van der Waals surface area (Å²) in [6.07, 6.45) is 0. The molecule has 72 valence electrons. The summed E-state index contributed by atoms with van der Waals surface area (Å²) in [7, 11) is 1.56. The van der Waals surface area contributed by atoms with Gasteiger partial charge in [-0.05, 0) is 12.1 Å². The van der Waals surface area contributed by atoms with Gasteiger partial charge in [-0.15, -0.1) is 0 Å². The van der Waals surface area contributed by atoms with Gasteiger partial charge in [0.25, 0.3) is 5.56 Å². The van der Waals surface area contributed by atoms with Crippen molar-refractivity contribution in [2.45, 2.75) is 6.61 Å². The molecule has 0 atom stereocenters. The molecule has 0 aliphatic carbocycles. The molecular weight excluding hydrogens is 180 g/mol. The number of aromatic amines is 1. The first-order chi connectivity index (χ1) is 6.81. The van der Waals surface area contributed by atoms with Crippen LogP contribution in [0.3, 0.4) is 0 Å². The van der Waals surface area contributed by atoms with Crippen LogP contribution in [0.5, 0.6) is 0 Å². The highest BCUT2D eigenvalue weighted by Gasteiger charge is 2.01. The highest BCUT2D eigenvalue weighted by Crippen LogP contribution is 2.05. The molecule has 0 unspecified atom stereocenters. The van der Waals surface area contributed by atoms with Crippen LogP contribution in [-0.4, -0.2) is 17.1 Å². The van der Waals surface area contributed by atoms with Gasteiger partial charge in [0.15, 0.2) is 0 Å². The van der Waals surface area contributed by atoms with Crippen molar-refractivity contribution in [3.8, 4) is 0 Å². The van der Waals surface area contributed by atoms with Gasteiger partial charge in [0, 0.05) is 7.11 Å². The molecule has 0 bridgehead atoms. The molecule has 0 aliphatic rings. The first-order valence-corrected chi connectivity index (χ1v) is 4.28. The topological polar surface area (TPSA) is 55.0 Å². The predicted octanol–water partition coefficient (Wildman–Crippen LogP) is 1.07. The number of benzene rings is 1.